The fourth-order valence-electron chi connectivity index (χ4n) is 1.98. The van der Waals surface area contributed by atoms with E-state index in [0.717, 1.165) is 12.2 Å². The van der Waals surface area contributed by atoms with Crippen molar-refractivity contribution < 1.29 is 14.6 Å². The van der Waals surface area contributed by atoms with E-state index in [1.807, 2.05) is 0 Å². The molecule has 1 aliphatic carbocycles. The van der Waals surface area contributed by atoms with Gasteiger partial charge in [0, 0.05) is 12.0 Å². The van der Waals surface area contributed by atoms with Crippen molar-refractivity contribution in [3.8, 4) is 5.75 Å². The Hall–Kier alpha value is -1.71. The summed E-state index contributed by atoms with van der Waals surface area (Å²) in [5.41, 5.74) is 1.46. The van der Waals surface area contributed by atoms with E-state index < -0.39 is 5.97 Å². The summed E-state index contributed by atoms with van der Waals surface area (Å²) >= 11 is 0. The molecular weight excluding hydrogens is 206 g/mol. The molecule has 0 amide bonds. The van der Waals surface area contributed by atoms with Crippen LogP contribution < -0.4 is 10.1 Å². The zero-order chi connectivity index (χ0) is 11.2. The average molecular weight is 219 g/mol. The standard InChI is InChI=1S/C12H13NO3/c14-11(15)8-1-2-9-10(5-8)16-7-12(3-4-12)6-13-9/h1-2,5,13H,3-4,6-7H2,(H,14,15). The average Bonchev–Trinajstić information content (AvgIpc) is 3.07. The van der Waals surface area contributed by atoms with E-state index >= 15 is 0 Å². The smallest absolute Gasteiger partial charge is 0.335 e. The van der Waals surface area contributed by atoms with E-state index in [2.05, 4.69) is 5.32 Å². The van der Waals surface area contributed by atoms with Gasteiger partial charge in [-0.15, -0.1) is 0 Å². The van der Waals surface area contributed by atoms with E-state index in [-0.39, 0.29) is 5.56 Å². The van der Waals surface area contributed by atoms with E-state index in [4.69, 9.17) is 9.84 Å². The van der Waals surface area contributed by atoms with Crippen LogP contribution in [-0.4, -0.2) is 24.2 Å². The Morgan fingerprint density at radius 3 is 2.94 bits per heavy atom. The van der Waals surface area contributed by atoms with Crippen molar-refractivity contribution in [2.24, 2.45) is 5.41 Å². The molecule has 84 valence electrons. The second-order valence-corrected chi connectivity index (χ2v) is 4.66. The van der Waals surface area contributed by atoms with Gasteiger partial charge < -0.3 is 15.2 Å². The van der Waals surface area contributed by atoms with E-state index in [0.29, 0.717) is 17.8 Å². The first kappa shape index (κ1) is 9.51. The molecule has 1 aliphatic heterocycles. The Morgan fingerprint density at radius 1 is 1.44 bits per heavy atom. The Labute approximate surface area is 93.2 Å². The van der Waals surface area contributed by atoms with Crippen LogP contribution in [0.15, 0.2) is 18.2 Å². The maximum Gasteiger partial charge on any atom is 0.335 e. The normalized spacial score (nSPS) is 20.2. The molecule has 16 heavy (non-hydrogen) atoms. The van der Waals surface area contributed by atoms with Crippen molar-refractivity contribution in [3.05, 3.63) is 23.8 Å². The maximum absolute atomic E-state index is 10.8. The Bertz CT molecular complexity index is 452. The van der Waals surface area contributed by atoms with Gasteiger partial charge in [-0.05, 0) is 31.0 Å². The number of fused-ring (bicyclic) bond motifs is 1. The number of nitrogens with one attached hydrogen (secondary N) is 1. The minimum absolute atomic E-state index is 0.271. The zero-order valence-corrected chi connectivity index (χ0v) is 8.82. The zero-order valence-electron chi connectivity index (χ0n) is 8.82. The Balaban J connectivity index is 1.92. The number of anilines is 1. The van der Waals surface area contributed by atoms with E-state index in [9.17, 15) is 4.79 Å². The first-order valence-electron chi connectivity index (χ1n) is 5.43. The first-order chi connectivity index (χ1) is 7.69. The van der Waals surface area contributed by atoms with Crippen molar-refractivity contribution in [2.45, 2.75) is 12.8 Å². The molecule has 1 saturated carbocycles. The molecule has 2 N–H and O–H groups in total. The quantitative estimate of drug-likeness (QED) is 0.758. The molecule has 0 saturated heterocycles. The van der Waals surface area contributed by atoms with Crippen molar-refractivity contribution in [2.75, 3.05) is 18.5 Å². The number of hydrogen-bond donors (Lipinski definition) is 2. The van der Waals surface area contributed by atoms with Crippen LogP contribution in [0.4, 0.5) is 5.69 Å². The van der Waals surface area contributed by atoms with Crippen molar-refractivity contribution in [1.29, 1.82) is 0 Å². The predicted molar refractivity (Wildman–Crippen MR) is 59.1 cm³/mol. The Morgan fingerprint density at radius 2 is 2.25 bits per heavy atom. The van der Waals surface area contributed by atoms with Crippen molar-refractivity contribution >= 4 is 11.7 Å². The number of ether oxygens (including phenoxy) is 1. The summed E-state index contributed by atoms with van der Waals surface area (Å²) in [5.74, 6) is -0.263. The van der Waals surface area contributed by atoms with Crippen LogP contribution in [0.1, 0.15) is 23.2 Å². The number of hydrogen-bond acceptors (Lipinski definition) is 3. The van der Waals surface area contributed by atoms with Gasteiger partial charge in [0.1, 0.15) is 5.75 Å². The first-order valence-corrected chi connectivity index (χ1v) is 5.43. The number of carbonyl (C=O) groups is 1. The summed E-state index contributed by atoms with van der Waals surface area (Å²) < 4.78 is 5.69. The van der Waals surface area contributed by atoms with Gasteiger partial charge in [-0.1, -0.05) is 0 Å². The molecule has 1 aromatic rings. The number of carboxylic acids is 1. The molecule has 1 aromatic carbocycles. The topological polar surface area (TPSA) is 58.6 Å². The molecule has 4 heteroatoms. The molecule has 0 radical (unpaired) electrons. The lowest BCUT2D eigenvalue weighted by Gasteiger charge is -2.09. The largest absolute Gasteiger partial charge is 0.491 e. The molecule has 1 heterocycles. The number of aromatic carboxylic acids is 1. The van der Waals surface area contributed by atoms with Gasteiger partial charge >= 0.3 is 5.97 Å². The summed E-state index contributed by atoms with van der Waals surface area (Å²) in [4.78, 5) is 10.8. The minimum Gasteiger partial charge on any atom is -0.491 e. The summed E-state index contributed by atoms with van der Waals surface area (Å²) in [6, 6.07) is 4.97. The third-order valence-corrected chi connectivity index (χ3v) is 3.37. The van der Waals surface area contributed by atoms with Crippen LogP contribution in [0.3, 0.4) is 0 Å². The molecule has 0 atom stereocenters. The fraction of sp³-hybridized carbons (Fsp3) is 0.417. The Kier molecular flexibility index (Phi) is 1.87. The van der Waals surface area contributed by atoms with Crippen LogP contribution in [0.5, 0.6) is 5.75 Å². The van der Waals surface area contributed by atoms with E-state index in [1.165, 1.54) is 12.8 Å². The van der Waals surface area contributed by atoms with Crippen LogP contribution in [0.25, 0.3) is 0 Å². The molecule has 0 unspecified atom stereocenters. The lowest BCUT2D eigenvalue weighted by molar-refractivity contribution is 0.0696. The number of benzene rings is 1. The highest BCUT2D eigenvalue weighted by atomic mass is 16.5. The predicted octanol–water partition coefficient (Wildman–Crippen LogP) is 1.97. The molecule has 2 aliphatic rings. The van der Waals surface area contributed by atoms with E-state index in [1.54, 1.807) is 18.2 Å². The monoisotopic (exact) mass is 219 g/mol. The summed E-state index contributed by atoms with van der Waals surface area (Å²) in [7, 11) is 0. The highest BCUT2D eigenvalue weighted by Crippen LogP contribution is 2.48. The number of rotatable bonds is 1. The van der Waals surface area contributed by atoms with Gasteiger partial charge in [0.2, 0.25) is 0 Å². The summed E-state index contributed by atoms with van der Waals surface area (Å²) in [6.45, 7) is 1.61. The van der Waals surface area contributed by atoms with Crippen LogP contribution in [0, 0.1) is 5.41 Å². The lowest BCUT2D eigenvalue weighted by Crippen LogP contribution is -2.18. The van der Waals surface area contributed by atoms with Crippen molar-refractivity contribution in [1.82, 2.24) is 0 Å². The third-order valence-electron chi connectivity index (χ3n) is 3.37. The molecule has 0 aromatic heterocycles. The molecule has 1 fully saturated rings. The summed E-state index contributed by atoms with van der Waals surface area (Å²) in [5, 5.41) is 12.2. The second kappa shape index (κ2) is 3.14. The SMILES string of the molecule is O=C(O)c1ccc2c(c1)OCC1(CC1)CN2. The van der Waals surface area contributed by atoms with Gasteiger partial charge in [0.15, 0.2) is 0 Å². The molecule has 4 nitrogen and oxygen atoms in total. The van der Waals surface area contributed by atoms with Crippen LogP contribution in [-0.2, 0) is 0 Å². The second-order valence-electron chi connectivity index (χ2n) is 4.66. The third kappa shape index (κ3) is 1.50. The summed E-state index contributed by atoms with van der Waals surface area (Å²) in [6.07, 6.45) is 2.39. The molecule has 1 spiro atoms. The van der Waals surface area contributed by atoms with Crippen LogP contribution >= 0.6 is 0 Å². The van der Waals surface area contributed by atoms with Gasteiger partial charge in [-0.3, -0.25) is 0 Å². The fourth-order valence-corrected chi connectivity index (χ4v) is 1.98. The highest BCUT2D eigenvalue weighted by molar-refractivity contribution is 5.89. The number of carboxylic acid groups (broad SMARTS) is 1. The van der Waals surface area contributed by atoms with Crippen molar-refractivity contribution in [3.63, 3.8) is 0 Å². The highest BCUT2D eigenvalue weighted by Gasteiger charge is 2.44. The van der Waals surface area contributed by atoms with Gasteiger partial charge in [-0.25, -0.2) is 4.79 Å². The van der Waals surface area contributed by atoms with Gasteiger partial charge in [0.25, 0.3) is 0 Å². The van der Waals surface area contributed by atoms with Crippen LogP contribution in [0.2, 0.25) is 0 Å². The van der Waals surface area contributed by atoms with Gasteiger partial charge in [0.05, 0.1) is 17.9 Å². The maximum atomic E-state index is 10.8. The lowest BCUT2D eigenvalue weighted by atomic mass is 10.1. The van der Waals surface area contributed by atoms with Gasteiger partial charge in [-0.2, -0.15) is 0 Å². The molecule has 3 rings (SSSR count). The molecule has 0 bridgehead atoms. The minimum atomic E-state index is -0.920. The molecular formula is C12H13NO3.